The van der Waals surface area contributed by atoms with Crippen molar-refractivity contribution in [3.63, 3.8) is 0 Å². The summed E-state index contributed by atoms with van der Waals surface area (Å²) < 4.78 is 31.5. The fourth-order valence-corrected chi connectivity index (χ4v) is 3.47. The van der Waals surface area contributed by atoms with Crippen LogP contribution in [-0.2, 0) is 14.8 Å². The smallest absolute Gasteiger partial charge is 0.337 e. The van der Waals surface area contributed by atoms with E-state index in [-0.39, 0.29) is 14.9 Å². The van der Waals surface area contributed by atoms with Crippen molar-refractivity contribution >= 4 is 44.9 Å². The molecule has 0 aliphatic rings. The fourth-order valence-electron chi connectivity index (χ4n) is 1.69. The summed E-state index contributed by atoms with van der Waals surface area (Å²) in [6, 6.07) is 9.83. The Kier molecular flexibility index (Phi) is 4.95. The third-order valence-electron chi connectivity index (χ3n) is 2.70. The average Bonchev–Trinajstić information content (AvgIpc) is 2.46. The average molecular weight is 360 g/mol. The van der Waals surface area contributed by atoms with Gasteiger partial charge in [-0.05, 0) is 42.5 Å². The Balaban J connectivity index is 2.27. The topological polar surface area (TPSA) is 72.5 Å². The highest BCUT2D eigenvalue weighted by Gasteiger charge is 2.16. The summed E-state index contributed by atoms with van der Waals surface area (Å²) in [6.45, 7) is 0. The number of carbonyl (C=O) groups is 1. The number of esters is 1. The van der Waals surface area contributed by atoms with Gasteiger partial charge in [0.1, 0.15) is 0 Å². The largest absolute Gasteiger partial charge is 0.465 e. The van der Waals surface area contributed by atoms with Gasteiger partial charge in [-0.25, -0.2) is 13.2 Å². The van der Waals surface area contributed by atoms with Crippen LogP contribution in [0.5, 0.6) is 0 Å². The van der Waals surface area contributed by atoms with Crippen LogP contribution in [0.25, 0.3) is 0 Å². The van der Waals surface area contributed by atoms with Gasteiger partial charge in [0.05, 0.1) is 17.6 Å². The van der Waals surface area contributed by atoms with E-state index in [1.165, 1.54) is 49.6 Å². The van der Waals surface area contributed by atoms with Gasteiger partial charge in [0.25, 0.3) is 10.0 Å². The molecule has 1 N–H and O–H groups in total. The van der Waals surface area contributed by atoms with Gasteiger partial charge in [-0.15, -0.1) is 0 Å². The van der Waals surface area contributed by atoms with Crippen molar-refractivity contribution < 1.29 is 17.9 Å². The number of methoxy groups -OCH3 is 1. The molecule has 2 aromatic carbocycles. The van der Waals surface area contributed by atoms with Gasteiger partial charge in [-0.1, -0.05) is 23.2 Å². The molecule has 0 saturated carbocycles. The molecule has 0 atom stereocenters. The second-order valence-corrected chi connectivity index (χ2v) is 6.83. The van der Waals surface area contributed by atoms with Crippen molar-refractivity contribution in [1.82, 2.24) is 0 Å². The molecule has 8 heteroatoms. The summed E-state index contributed by atoms with van der Waals surface area (Å²) in [7, 11) is -2.57. The molecule has 5 nitrogen and oxygen atoms in total. The minimum atomic E-state index is -3.83. The second kappa shape index (κ2) is 6.56. The molecular formula is C14H11Cl2NO4S. The molecule has 0 heterocycles. The maximum atomic E-state index is 12.3. The molecule has 0 aromatic heterocycles. The molecular weight excluding hydrogens is 349 g/mol. The summed E-state index contributed by atoms with van der Waals surface area (Å²) in [6.07, 6.45) is 0. The molecule has 116 valence electrons. The van der Waals surface area contributed by atoms with Gasteiger partial charge >= 0.3 is 5.97 Å². The summed E-state index contributed by atoms with van der Waals surface area (Å²) in [5, 5.41) is 0.433. The second-order valence-electron chi connectivity index (χ2n) is 4.28. The lowest BCUT2D eigenvalue weighted by Gasteiger charge is -2.09. The van der Waals surface area contributed by atoms with Crippen LogP contribution in [0.3, 0.4) is 0 Å². The number of hydrogen-bond donors (Lipinski definition) is 1. The highest BCUT2D eigenvalue weighted by atomic mass is 35.5. The predicted octanol–water partition coefficient (Wildman–Crippen LogP) is 3.58. The molecule has 0 radical (unpaired) electrons. The third kappa shape index (κ3) is 3.91. The standard InChI is InChI=1S/C14H11Cl2NO4S/c1-21-14(18)9-2-4-12(5-3-9)17-22(19,20)13-7-10(15)6-11(16)8-13/h2-8,17H,1H3. The van der Waals surface area contributed by atoms with Gasteiger partial charge in [0, 0.05) is 15.7 Å². The normalized spacial score (nSPS) is 11.0. The Labute approximate surface area is 137 Å². The van der Waals surface area contributed by atoms with Crippen molar-refractivity contribution in [2.75, 3.05) is 11.8 Å². The quantitative estimate of drug-likeness (QED) is 0.846. The molecule has 0 saturated heterocycles. The van der Waals surface area contributed by atoms with E-state index < -0.39 is 16.0 Å². The summed E-state index contributed by atoms with van der Waals surface area (Å²) >= 11 is 11.6. The zero-order valence-electron chi connectivity index (χ0n) is 11.3. The molecule has 0 fully saturated rings. The van der Waals surface area contributed by atoms with Crippen LogP contribution in [0, 0.1) is 0 Å². The molecule has 0 amide bonds. The summed E-state index contributed by atoms with van der Waals surface area (Å²) in [4.78, 5) is 11.3. The number of benzene rings is 2. The number of ether oxygens (including phenoxy) is 1. The maximum Gasteiger partial charge on any atom is 0.337 e. The lowest BCUT2D eigenvalue weighted by atomic mass is 10.2. The third-order valence-corrected chi connectivity index (χ3v) is 4.50. The van der Waals surface area contributed by atoms with E-state index in [2.05, 4.69) is 9.46 Å². The Hall–Kier alpha value is -1.76. The zero-order chi connectivity index (χ0) is 16.3. The lowest BCUT2D eigenvalue weighted by Crippen LogP contribution is -2.13. The van der Waals surface area contributed by atoms with Gasteiger partial charge in [0.15, 0.2) is 0 Å². The molecule has 0 aliphatic heterocycles. The molecule has 2 aromatic rings. The monoisotopic (exact) mass is 359 g/mol. The van der Waals surface area contributed by atoms with E-state index >= 15 is 0 Å². The van der Waals surface area contributed by atoms with Crippen molar-refractivity contribution in [2.45, 2.75) is 4.90 Å². The molecule has 0 bridgehead atoms. The van der Waals surface area contributed by atoms with Crippen LogP contribution in [0.2, 0.25) is 10.0 Å². The molecule has 0 unspecified atom stereocenters. The molecule has 0 aliphatic carbocycles. The van der Waals surface area contributed by atoms with E-state index in [9.17, 15) is 13.2 Å². The fraction of sp³-hybridized carbons (Fsp3) is 0.0714. The zero-order valence-corrected chi connectivity index (χ0v) is 13.7. The van der Waals surface area contributed by atoms with E-state index in [1.54, 1.807) is 0 Å². The van der Waals surface area contributed by atoms with Crippen LogP contribution in [-0.4, -0.2) is 21.5 Å². The van der Waals surface area contributed by atoms with Gasteiger partial charge in [0.2, 0.25) is 0 Å². The van der Waals surface area contributed by atoms with E-state index in [4.69, 9.17) is 23.2 Å². The van der Waals surface area contributed by atoms with Crippen LogP contribution >= 0.6 is 23.2 Å². The first-order valence-corrected chi connectivity index (χ1v) is 8.23. The number of sulfonamides is 1. The summed E-state index contributed by atoms with van der Waals surface area (Å²) in [5.74, 6) is -0.504. The maximum absolute atomic E-state index is 12.3. The van der Waals surface area contributed by atoms with E-state index in [0.717, 1.165) is 0 Å². The first-order valence-electron chi connectivity index (χ1n) is 5.99. The predicted molar refractivity (Wildman–Crippen MR) is 85.1 cm³/mol. The summed E-state index contributed by atoms with van der Waals surface area (Å²) in [5.41, 5.74) is 0.611. The number of hydrogen-bond acceptors (Lipinski definition) is 4. The van der Waals surface area contributed by atoms with E-state index in [1.807, 2.05) is 0 Å². The molecule has 2 rings (SSSR count). The van der Waals surface area contributed by atoms with Crippen LogP contribution in [0.1, 0.15) is 10.4 Å². The van der Waals surface area contributed by atoms with Crippen molar-refractivity contribution in [3.05, 3.63) is 58.1 Å². The van der Waals surface area contributed by atoms with Crippen molar-refractivity contribution in [3.8, 4) is 0 Å². The first-order chi connectivity index (χ1) is 10.3. The van der Waals surface area contributed by atoms with Crippen molar-refractivity contribution in [1.29, 1.82) is 0 Å². The SMILES string of the molecule is COC(=O)c1ccc(NS(=O)(=O)c2cc(Cl)cc(Cl)c2)cc1. The number of anilines is 1. The number of nitrogens with one attached hydrogen (secondary N) is 1. The molecule has 22 heavy (non-hydrogen) atoms. The van der Waals surface area contributed by atoms with Crippen molar-refractivity contribution in [2.24, 2.45) is 0 Å². The lowest BCUT2D eigenvalue weighted by molar-refractivity contribution is 0.0601. The first kappa shape index (κ1) is 16.6. The minimum absolute atomic E-state index is 0.0537. The highest BCUT2D eigenvalue weighted by molar-refractivity contribution is 7.92. The minimum Gasteiger partial charge on any atom is -0.465 e. The van der Waals surface area contributed by atoms with Gasteiger partial charge in [-0.3, -0.25) is 4.72 Å². The Bertz CT molecular complexity index is 784. The number of carbonyl (C=O) groups excluding carboxylic acids is 1. The van der Waals surface area contributed by atoms with Crippen LogP contribution in [0.4, 0.5) is 5.69 Å². The Morgan fingerprint density at radius 3 is 2.09 bits per heavy atom. The van der Waals surface area contributed by atoms with Gasteiger partial charge in [-0.2, -0.15) is 0 Å². The van der Waals surface area contributed by atoms with Gasteiger partial charge < -0.3 is 4.74 Å². The van der Waals surface area contributed by atoms with E-state index in [0.29, 0.717) is 11.3 Å². The molecule has 0 spiro atoms. The van der Waals surface area contributed by atoms with Crippen LogP contribution < -0.4 is 4.72 Å². The van der Waals surface area contributed by atoms with Crippen LogP contribution in [0.15, 0.2) is 47.4 Å². The highest BCUT2D eigenvalue weighted by Crippen LogP contribution is 2.24. The number of rotatable bonds is 4. The Morgan fingerprint density at radius 1 is 1.05 bits per heavy atom. The Morgan fingerprint density at radius 2 is 1.59 bits per heavy atom. The number of halogens is 2.